The van der Waals surface area contributed by atoms with Crippen LogP contribution in [-0.2, 0) is 4.79 Å². The molecule has 7 nitrogen and oxygen atoms in total. The van der Waals surface area contributed by atoms with Crippen LogP contribution in [0, 0.1) is 5.92 Å². The van der Waals surface area contributed by atoms with Gasteiger partial charge in [0.1, 0.15) is 12.6 Å². The first-order valence-electron chi connectivity index (χ1n) is 9.78. The molecule has 0 bridgehead atoms. The summed E-state index contributed by atoms with van der Waals surface area (Å²) in [4.78, 5) is 25.3. The number of para-hydroxylation sites is 1. The number of benzene rings is 2. The molecule has 0 heterocycles. The molecule has 2 rings (SSSR count). The highest BCUT2D eigenvalue weighted by Gasteiger charge is 2.25. The van der Waals surface area contributed by atoms with E-state index >= 15 is 0 Å². The van der Waals surface area contributed by atoms with Gasteiger partial charge < -0.3 is 14.8 Å². The Morgan fingerprint density at radius 3 is 2.56 bits per heavy atom. The summed E-state index contributed by atoms with van der Waals surface area (Å²) in [5.41, 5.74) is 3.36. The van der Waals surface area contributed by atoms with Gasteiger partial charge in [0.2, 0.25) is 0 Å². The maximum absolute atomic E-state index is 12.7. The van der Waals surface area contributed by atoms with E-state index in [0.717, 1.165) is 0 Å². The van der Waals surface area contributed by atoms with Gasteiger partial charge in [-0.1, -0.05) is 55.8 Å². The second-order valence-electron chi connectivity index (χ2n) is 7.04. The molecule has 0 fully saturated rings. The molecule has 0 aliphatic rings. The fraction of sp³-hybridized carbons (Fsp3) is 0.261. The molecule has 0 spiro atoms. The van der Waals surface area contributed by atoms with E-state index in [4.69, 9.17) is 32.7 Å². The lowest BCUT2D eigenvalue weighted by Gasteiger charge is -2.20. The van der Waals surface area contributed by atoms with Gasteiger partial charge in [-0.05, 0) is 36.2 Å². The molecule has 1 unspecified atom stereocenters. The molecule has 0 aromatic heterocycles. The quantitative estimate of drug-likeness (QED) is 0.300. The molecule has 9 heteroatoms. The molecule has 0 saturated carbocycles. The third-order valence-electron chi connectivity index (χ3n) is 4.37. The van der Waals surface area contributed by atoms with Gasteiger partial charge in [-0.3, -0.25) is 9.59 Å². The number of hydrogen-bond donors (Lipinski definition) is 2. The van der Waals surface area contributed by atoms with Crippen LogP contribution in [0.25, 0.3) is 0 Å². The molecule has 2 aromatic rings. The number of carbonyl (C=O) groups is 2. The highest BCUT2D eigenvalue weighted by atomic mass is 35.5. The van der Waals surface area contributed by atoms with E-state index in [1.807, 2.05) is 13.8 Å². The lowest BCUT2D eigenvalue weighted by molar-refractivity contribution is -0.123. The van der Waals surface area contributed by atoms with Crippen LogP contribution < -0.4 is 20.2 Å². The van der Waals surface area contributed by atoms with Crippen molar-refractivity contribution in [3.63, 3.8) is 0 Å². The number of methoxy groups -OCH3 is 1. The smallest absolute Gasteiger partial charge is 0.262 e. The lowest BCUT2D eigenvalue weighted by atomic mass is 10.0. The van der Waals surface area contributed by atoms with Crippen LogP contribution in [0.2, 0.25) is 10.0 Å². The first-order valence-corrected chi connectivity index (χ1v) is 10.5. The Labute approximate surface area is 197 Å². The van der Waals surface area contributed by atoms with Crippen LogP contribution in [-0.4, -0.2) is 37.8 Å². The normalized spacial score (nSPS) is 11.8. The number of halogens is 2. The summed E-state index contributed by atoms with van der Waals surface area (Å²) in [5, 5.41) is 7.31. The van der Waals surface area contributed by atoms with Crippen molar-refractivity contribution in [2.24, 2.45) is 11.0 Å². The standard InChI is InChI=1S/C23H25Cl2N3O4/c1-5-11-32-21-16(7-6-8-19(21)31-4)13-26-28-23(30)20(14(2)3)27-22(29)15-9-10-17(24)18(25)12-15/h5-10,12-14,20H,1,11H2,2-4H3,(H,27,29)(H,28,30)/b26-13-. The van der Waals surface area contributed by atoms with Crippen LogP contribution in [0.15, 0.2) is 54.2 Å². The molecule has 170 valence electrons. The molecular weight excluding hydrogens is 453 g/mol. The van der Waals surface area contributed by atoms with E-state index in [-0.39, 0.29) is 17.5 Å². The van der Waals surface area contributed by atoms with Crippen molar-refractivity contribution < 1.29 is 19.1 Å². The average Bonchev–Trinajstić information content (AvgIpc) is 2.77. The predicted molar refractivity (Wildman–Crippen MR) is 127 cm³/mol. The molecule has 2 aromatic carbocycles. The van der Waals surface area contributed by atoms with Crippen LogP contribution in [0.4, 0.5) is 0 Å². The van der Waals surface area contributed by atoms with Gasteiger partial charge in [-0.2, -0.15) is 5.10 Å². The maximum atomic E-state index is 12.7. The third kappa shape index (κ3) is 6.73. The number of nitrogens with zero attached hydrogens (tertiary/aromatic N) is 1. The van der Waals surface area contributed by atoms with Gasteiger partial charge >= 0.3 is 0 Å². The summed E-state index contributed by atoms with van der Waals surface area (Å²) in [6, 6.07) is 8.97. The van der Waals surface area contributed by atoms with E-state index in [0.29, 0.717) is 27.6 Å². The molecule has 0 aliphatic carbocycles. The number of rotatable bonds is 10. The summed E-state index contributed by atoms with van der Waals surface area (Å²) >= 11 is 11.9. The van der Waals surface area contributed by atoms with Crippen molar-refractivity contribution in [3.05, 3.63) is 70.2 Å². The fourth-order valence-corrected chi connectivity index (χ4v) is 3.02. The van der Waals surface area contributed by atoms with Gasteiger partial charge in [-0.15, -0.1) is 0 Å². The summed E-state index contributed by atoms with van der Waals surface area (Å²) in [5.74, 6) is -0.118. The Balaban J connectivity index is 2.12. The molecular formula is C23H25Cl2N3O4. The number of nitrogens with one attached hydrogen (secondary N) is 2. The van der Waals surface area contributed by atoms with Gasteiger partial charge in [0, 0.05) is 11.1 Å². The van der Waals surface area contributed by atoms with E-state index in [9.17, 15) is 9.59 Å². The minimum Gasteiger partial charge on any atom is -0.493 e. The molecule has 2 amide bonds. The van der Waals surface area contributed by atoms with Gasteiger partial charge in [0.05, 0.1) is 23.4 Å². The zero-order valence-corrected chi connectivity index (χ0v) is 19.5. The molecule has 1 atom stereocenters. The van der Waals surface area contributed by atoms with Crippen molar-refractivity contribution in [2.75, 3.05) is 13.7 Å². The van der Waals surface area contributed by atoms with E-state index in [1.54, 1.807) is 24.3 Å². The zero-order chi connectivity index (χ0) is 23.7. The first-order chi connectivity index (χ1) is 15.3. The highest BCUT2D eigenvalue weighted by molar-refractivity contribution is 6.42. The van der Waals surface area contributed by atoms with Gasteiger partial charge in [-0.25, -0.2) is 5.43 Å². The van der Waals surface area contributed by atoms with Crippen molar-refractivity contribution in [3.8, 4) is 11.5 Å². The summed E-state index contributed by atoms with van der Waals surface area (Å²) in [6.07, 6.45) is 3.05. The van der Waals surface area contributed by atoms with Crippen molar-refractivity contribution in [1.82, 2.24) is 10.7 Å². The molecule has 0 saturated heterocycles. The van der Waals surface area contributed by atoms with Crippen molar-refractivity contribution >= 4 is 41.2 Å². The maximum Gasteiger partial charge on any atom is 0.262 e. The largest absolute Gasteiger partial charge is 0.493 e. The minimum atomic E-state index is -0.823. The van der Waals surface area contributed by atoms with E-state index in [2.05, 4.69) is 22.4 Å². The second kappa shape index (κ2) is 12.1. The summed E-state index contributed by atoms with van der Waals surface area (Å²) in [7, 11) is 1.53. The molecule has 32 heavy (non-hydrogen) atoms. The number of ether oxygens (including phenoxy) is 2. The Morgan fingerprint density at radius 1 is 1.19 bits per heavy atom. The first kappa shape index (κ1) is 25.2. The summed E-state index contributed by atoms with van der Waals surface area (Å²) < 4.78 is 11.0. The highest BCUT2D eigenvalue weighted by Crippen LogP contribution is 2.30. The molecule has 0 aliphatic heterocycles. The number of hydrogen-bond acceptors (Lipinski definition) is 5. The average molecular weight is 478 g/mol. The van der Waals surface area contributed by atoms with Gasteiger partial charge in [0.15, 0.2) is 11.5 Å². The van der Waals surface area contributed by atoms with Crippen LogP contribution >= 0.6 is 23.2 Å². The van der Waals surface area contributed by atoms with E-state index < -0.39 is 17.9 Å². The Morgan fingerprint density at radius 2 is 1.94 bits per heavy atom. The Hall–Kier alpha value is -3.03. The SMILES string of the molecule is C=CCOc1c(/C=N\NC(=O)C(NC(=O)c2ccc(Cl)c(Cl)c2)C(C)C)cccc1OC. The van der Waals surface area contributed by atoms with E-state index in [1.165, 1.54) is 31.5 Å². The Bertz CT molecular complexity index is 1010. The zero-order valence-electron chi connectivity index (χ0n) is 18.0. The van der Waals surface area contributed by atoms with Gasteiger partial charge in [0.25, 0.3) is 11.8 Å². The fourth-order valence-electron chi connectivity index (χ4n) is 2.72. The van der Waals surface area contributed by atoms with Crippen molar-refractivity contribution in [1.29, 1.82) is 0 Å². The lowest BCUT2D eigenvalue weighted by Crippen LogP contribution is -2.48. The molecule has 2 N–H and O–H groups in total. The van der Waals surface area contributed by atoms with Crippen LogP contribution in [0.3, 0.4) is 0 Å². The number of amides is 2. The molecule has 0 radical (unpaired) electrons. The Kier molecular flexibility index (Phi) is 9.56. The van der Waals surface area contributed by atoms with Crippen LogP contribution in [0.1, 0.15) is 29.8 Å². The third-order valence-corrected chi connectivity index (χ3v) is 5.11. The summed E-state index contributed by atoms with van der Waals surface area (Å²) in [6.45, 7) is 7.54. The number of carbonyl (C=O) groups excluding carboxylic acids is 2. The van der Waals surface area contributed by atoms with Crippen LogP contribution in [0.5, 0.6) is 11.5 Å². The second-order valence-corrected chi connectivity index (χ2v) is 7.85. The predicted octanol–water partition coefficient (Wildman–Crippen LogP) is 4.47. The minimum absolute atomic E-state index is 0.194. The topological polar surface area (TPSA) is 89.0 Å². The van der Waals surface area contributed by atoms with Crippen molar-refractivity contribution in [2.45, 2.75) is 19.9 Å². The monoisotopic (exact) mass is 477 g/mol. The number of hydrazone groups is 1.